The lowest BCUT2D eigenvalue weighted by atomic mass is 9.98. The Kier molecular flexibility index (Phi) is 13.1. The van der Waals surface area contributed by atoms with Crippen molar-refractivity contribution >= 4 is 11.9 Å². The van der Waals surface area contributed by atoms with Crippen molar-refractivity contribution in [2.75, 3.05) is 13.6 Å². The largest absolute Gasteiger partial charge is 0.481 e. The number of carboxylic acid groups (broad SMARTS) is 1. The maximum Gasteiger partial charge on any atom is 0.303 e. The van der Waals surface area contributed by atoms with Crippen molar-refractivity contribution in [3.8, 4) is 0 Å². The molecule has 1 saturated heterocycles. The lowest BCUT2D eigenvalue weighted by molar-refractivity contribution is -0.253. The van der Waals surface area contributed by atoms with Crippen LogP contribution >= 0.6 is 0 Å². The van der Waals surface area contributed by atoms with Gasteiger partial charge in [0.1, 0.15) is 0 Å². The molecule has 4 N–H and O–H groups in total. The predicted octanol–water partition coefficient (Wildman–Crippen LogP) is 5.43. The number of rotatable bonds is 16. The maximum atomic E-state index is 12.2. The van der Waals surface area contributed by atoms with Crippen LogP contribution in [0, 0.1) is 0 Å². The van der Waals surface area contributed by atoms with Gasteiger partial charge in [0.05, 0.1) is 24.9 Å². The van der Waals surface area contributed by atoms with E-state index in [1.165, 1.54) is 0 Å². The third kappa shape index (κ3) is 10.5. The normalized spacial score (nSPS) is 19.6. The summed E-state index contributed by atoms with van der Waals surface area (Å²) in [6.07, 6.45) is 1.46. The first kappa shape index (κ1) is 34.3. The van der Waals surface area contributed by atoms with Crippen molar-refractivity contribution in [1.29, 1.82) is 0 Å². The molecular formula is C36H46N2O7. The number of unbranched alkanes of at least 4 members (excludes halogenated alkanes) is 2. The Balaban J connectivity index is 1.39. The van der Waals surface area contributed by atoms with Gasteiger partial charge in [-0.05, 0) is 49.1 Å². The van der Waals surface area contributed by atoms with Crippen LogP contribution in [0.15, 0.2) is 78.9 Å². The molecule has 3 aromatic carbocycles. The molecule has 1 heterocycles. The molecule has 45 heavy (non-hydrogen) atoms. The smallest absolute Gasteiger partial charge is 0.303 e. The van der Waals surface area contributed by atoms with Gasteiger partial charge in [-0.3, -0.25) is 14.5 Å². The standard InChI is InChI=1S/C36H46N2O7/c1-25(35(43)29-9-5-3-6-10-29)38(2)23-31-21-32(28-17-15-27(24-39)16-18-28)45-36(44-31)30-19-13-26(14-20-30)22-37-33(40)11-7-4-8-12-34(41)42/h3,5-6,9-10,13-20,25,31-32,35-36,39,43H,4,7-8,11-12,21-24H2,1-2H3,(H,37,40)(H,41,42)/t25-,31+,32-,35-,36-/m1/s1. The van der Waals surface area contributed by atoms with Crippen molar-refractivity contribution in [1.82, 2.24) is 10.2 Å². The summed E-state index contributed by atoms with van der Waals surface area (Å²) in [5, 5.41) is 32.2. The molecule has 9 heteroatoms. The van der Waals surface area contributed by atoms with Crippen LogP contribution in [0.2, 0.25) is 0 Å². The molecule has 242 valence electrons. The van der Waals surface area contributed by atoms with Gasteiger partial charge in [-0.2, -0.15) is 0 Å². The quantitative estimate of drug-likeness (QED) is 0.157. The first-order valence-electron chi connectivity index (χ1n) is 15.7. The van der Waals surface area contributed by atoms with E-state index in [2.05, 4.69) is 10.2 Å². The number of amides is 1. The molecule has 0 aromatic heterocycles. The van der Waals surface area contributed by atoms with E-state index in [0.29, 0.717) is 45.2 Å². The first-order valence-corrected chi connectivity index (χ1v) is 15.7. The Morgan fingerprint density at radius 2 is 1.53 bits per heavy atom. The summed E-state index contributed by atoms with van der Waals surface area (Å²) in [7, 11) is 1.99. The van der Waals surface area contributed by atoms with Gasteiger partial charge in [0.15, 0.2) is 6.29 Å². The maximum absolute atomic E-state index is 12.2. The summed E-state index contributed by atoms with van der Waals surface area (Å²) in [6, 6.07) is 25.1. The lowest BCUT2D eigenvalue weighted by Crippen LogP contribution is -2.43. The molecular weight excluding hydrogens is 572 g/mol. The van der Waals surface area contributed by atoms with Crippen molar-refractivity contribution in [2.24, 2.45) is 0 Å². The zero-order valence-electron chi connectivity index (χ0n) is 26.2. The van der Waals surface area contributed by atoms with Gasteiger partial charge < -0.3 is 30.1 Å². The third-order valence-corrected chi connectivity index (χ3v) is 8.44. The second-order valence-electron chi connectivity index (χ2n) is 11.9. The predicted molar refractivity (Wildman–Crippen MR) is 171 cm³/mol. The molecule has 0 saturated carbocycles. The average Bonchev–Trinajstić information content (AvgIpc) is 3.06. The molecule has 0 aliphatic carbocycles. The van der Waals surface area contributed by atoms with Gasteiger partial charge in [0.25, 0.3) is 0 Å². The monoisotopic (exact) mass is 618 g/mol. The molecule has 1 amide bonds. The van der Waals surface area contributed by atoms with Crippen molar-refractivity contribution in [3.05, 3.63) is 107 Å². The van der Waals surface area contributed by atoms with E-state index in [1.807, 2.05) is 92.8 Å². The van der Waals surface area contributed by atoms with E-state index in [4.69, 9.17) is 14.6 Å². The number of likely N-dealkylation sites (N-methyl/N-ethyl adjacent to an activating group) is 1. The van der Waals surface area contributed by atoms with Gasteiger partial charge in [-0.1, -0.05) is 85.3 Å². The van der Waals surface area contributed by atoms with Crippen LogP contribution in [0.1, 0.15) is 91.8 Å². The SMILES string of the molecule is C[C@H]([C@@H](O)c1ccccc1)N(C)C[C@@H]1C[C@H](c2ccc(CO)cc2)O[C@H](c2ccc(CNC(=O)CCCCCC(=O)O)cc2)O1. The third-order valence-electron chi connectivity index (χ3n) is 8.44. The molecule has 1 fully saturated rings. The molecule has 0 unspecified atom stereocenters. The van der Waals surface area contributed by atoms with Crippen LogP contribution in [0.5, 0.6) is 0 Å². The van der Waals surface area contributed by atoms with E-state index in [0.717, 1.165) is 27.8 Å². The number of hydrogen-bond donors (Lipinski definition) is 4. The number of aliphatic carboxylic acids is 1. The molecule has 1 aliphatic heterocycles. The number of aliphatic hydroxyl groups excluding tert-OH is 2. The number of carbonyl (C=O) groups excluding carboxylic acids is 1. The summed E-state index contributed by atoms with van der Waals surface area (Å²) >= 11 is 0. The molecule has 5 atom stereocenters. The highest BCUT2D eigenvalue weighted by Gasteiger charge is 2.34. The number of benzene rings is 3. The molecule has 9 nitrogen and oxygen atoms in total. The van der Waals surface area contributed by atoms with E-state index in [9.17, 15) is 19.8 Å². The van der Waals surface area contributed by atoms with Gasteiger partial charge in [-0.25, -0.2) is 0 Å². The second-order valence-corrected chi connectivity index (χ2v) is 11.9. The minimum Gasteiger partial charge on any atom is -0.481 e. The summed E-state index contributed by atoms with van der Waals surface area (Å²) in [6.45, 7) is 2.98. The fourth-order valence-electron chi connectivity index (χ4n) is 5.51. The molecule has 0 bridgehead atoms. The summed E-state index contributed by atoms with van der Waals surface area (Å²) < 4.78 is 13.0. The number of aliphatic hydroxyl groups is 2. The summed E-state index contributed by atoms with van der Waals surface area (Å²) in [4.78, 5) is 25.0. The van der Waals surface area contributed by atoms with Gasteiger partial charge in [-0.15, -0.1) is 0 Å². The summed E-state index contributed by atoms with van der Waals surface area (Å²) in [5.74, 6) is -0.864. The molecule has 4 rings (SSSR count). The average molecular weight is 619 g/mol. The molecule has 0 spiro atoms. The van der Waals surface area contributed by atoms with Gasteiger partial charge >= 0.3 is 5.97 Å². The Morgan fingerprint density at radius 1 is 0.889 bits per heavy atom. The number of nitrogens with one attached hydrogen (secondary N) is 1. The number of nitrogens with zero attached hydrogens (tertiary/aromatic N) is 1. The number of ether oxygens (including phenoxy) is 2. The highest BCUT2D eigenvalue weighted by molar-refractivity contribution is 5.75. The Labute approximate surface area is 265 Å². The van der Waals surface area contributed by atoms with E-state index < -0.39 is 18.4 Å². The van der Waals surface area contributed by atoms with Gasteiger partial charge in [0, 0.05) is 44.0 Å². The molecule has 3 aromatic rings. The fourth-order valence-corrected chi connectivity index (χ4v) is 5.51. The number of carbonyl (C=O) groups is 2. The van der Waals surface area contributed by atoms with Crippen LogP contribution in [0.25, 0.3) is 0 Å². The second kappa shape index (κ2) is 17.2. The van der Waals surface area contributed by atoms with E-state index >= 15 is 0 Å². The summed E-state index contributed by atoms with van der Waals surface area (Å²) in [5.41, 5.74) is 4.53. The first-order chi connectivity index (χ1) is 21.7. The highest BCUT2D eigenvalue weighted by Crippen LogP contribution is 2.38. The Bertz CT molecular complexity index is 1330. The number of hydrogen-bond acceptors (Lipinski definition) is 7. The van der Waals surface area contributed by atoms with E-state index in [-0.39, 0.29) is 37.2 Å². The van der Waals surface area contributed by atoms with Crippen LogP contribution in [-0.2, 0) is 32.2 Å². The van der Waals surface area contributed by atoms with Crippen LogP contribution in [0.3, 0.4) is 0 Å². The lowest BCUT2D eigenvalue weighted by Gasteiger charge is -2.39. The molecule has 0 radical (unpaired) electrons. The van der Waals surface area contributed by atoms with Crippen LogP contribution < -0.4 is 5.32 Å². The zero-order valence-corrected chi connectivity index (χ0v) is 26.2. The molecule has 1 aliphatic rings. The van der Waals surface area contributed by atoms with Crippen molar-refractivity contribution in [3.63, 3.8) is 0 Å². The Morgan fingerprint density at radius 3 is 2.20 bits per heavy atom. The minimum absolute atomic E-state index is 0.0216. The minimum atomic E-state index is -0.810. The van der Waals surface area contributed by atoms with Crippen LogP contribution in [0.4, 0.5) is 0 Å². The van der Waals surface area contributed by atoms with Crippen LogP contribution in [-0.4, -0.2) is 57.8 Å². The van der Waals surface area contributed by atoms with Gasteiger partial charge in [0.2, 0.25) is 5.91 Å². The van der Waals surface area contributed by atoms with Crippen molar-refractivity contribution < 1.29 is 34.4 Å². The fraction of sp³-hybridized carbons (Fsp3) is 0.444. The zero-order chi connectivity index (χ0) is 32.2. The van der Waals surface area contributed by atoms with E-state index in [1.54, 1.807) is 0 Å². The topological polar surface area (TPSA) is 129 Å². The van der Waals surface area contributed by atoms with Crippen molar-refractivity contribution in [2.45, 2.75) is 89.2 Å². The highest BCUT2D eigenvalue weighted by atomic mass is 16.7. The Hall–Kier alpha value is -3.60. The number of carboxylic acids is 1.